The molecule has 1 aromatic rings. The zero-order valence-electron chi connectivity index (χ0n) is 10.2. The Morgan fingerprint density at radius 2 is 2.00 bits per heavy atom. The number of unbranched alkanes of at least 4 members (excludes halogenated alkanes) is 2. The van der Waals surface area contributed by atoms with Gasteiger partial charge < -0.3 is 4.74 Å². The van der Waals surface area contributed by atoms with Crippen molar-refractivity contribution in [1.29, 1.82) is 0 Å². The van der Waals surface area contributed by atoms with Crippen molar-refractivity contribution >= 4 is 5.57 Å². The average molecular weight is 216 g/mol. The number of hydrogen-bond donors (Lipinski definition) is 0. The molecule has 1 aliphatic carbocycles. The summed E-state index contributed by atoms with van der Waals surface area (Å²) in [5, 5.41) is 0. The van der Waals surface area contributed by atoms with Gasteiger partial charge in [-0.25, -0.2) is 0 Å². The summed E-state index contributed by atoms with van der Waals surface area (Å²) in [6, 6.07) is 8.53. The first-order chi connectivity index (χ1) is 7.83. The van der Waals surface area contributed by atoms with Crippen molar-refractivity contribution in [3.63, 3.8) is 0 Å². The molecule has 1 atom stereocenters. The smallest absolute Gasteiger partial charge is 0.102 e. The Bertz CT molecular complexity index is 379. The molecular weight excluding hydrogens is 196 g/mol. The Morgan fingerprint density at radius 3 is 2.81 bits per heavy atom. The van der Waals surface area contributed by atoms with Gasteiger partial charge in [-0.2, -0.15) is 0 Å². The van der Waals surface area contributed by atoms with Gasteiger partial charge in [0.25, 0.3) is 0 Å². The van der Waals surface area contributed by atoms with E-state index in [0.717, 1.165) is 6.61 Å². The monoisotopic (exact) mass is 216 g/mol. The fourth-order valence-corrected chi connectivity index (χ4v) is 2.21. The maximum Gasteiger partial charge on any atom is 0.102 e. The summed E-state index contributed by atoms with van der Waals surface area (Å²) in [5.74, 6) is 0. The van der Waals surface area contributed by atoms with Crippen LogP contribution in [0.2, 0.25) is 0 Å². The lowest BCUT2D eigenvalue weighted by atomic mass is 10.1. The van der Waals surface area contributed by atoms with Gasteiger partial charge in [0.15, 0.2) is 0 Å². The summed E-state index contributed by atoms with van der Waals surface area (Å²) < 4.78 is 5.93. The third kappa shape index (κ3) is 2.35. The normalized spacial score (nSPS) is 18.4. The van der Waals surface area contributed by atoms with E-state index in [0.29, 0.717) is 0 Å². The van der Waals surface area contributed by atoms with Crippen molar-refractivity contribution in [2.24, 2.45) is 0 Å². The predicted octanol–water partition coefficient (Wildman–Crippen LogP) is 4.35. The maximum absolute atomic E-state index is 5.93. The Hall–Kier alpha value is -1.08. The molecule has 0 aliphatic heterocycles. The minimum atomic E-state index is 0.188. The largest absolute Gasteiger partial charge is 0.369 e. The number of allylic oxidation sites excluding steroid dienone is 1. The first-order valence-electron chi connectivity index (χ1n) is 6.22. The molecule has 2 rings (SSSR count). The van der Waals surface area contributed by atoms with Gasteiger partial charge in [-0.05, 0) is 36.1 Å². The molecule has 0 saturated carbocycles. The predicted molar refractivity (Wildman–Crippen MR) is 68.3 cm³/mol. The van der Waals surface area contributed by atoms with Crippen LogP contribution in [0.25, 0.3) is 5.57 Å². The molecule has 0 spiro atoms. The highest BCUT2D eigenvalue weighted by Crippen LogP contribution is 2.36. The summed E-state index contributed by atoms with van der Waals surface area (Å²) in [4.78, 5) is 0. The average Bonchev–Trinajstić information content (AvgIpc) is 2.63. The fourth-order valence-electron chi connectivity index (χ4n) is 2.21. The van der Waals surface area contributed by atoms with E-state index in [1.54, 1.807) is 0 Å². The van der Waals surface area contributed by atoms with Gasteiger partial charge >= 0.3 is 0 Å². The zero-order valence-corrected chi connectivity index (χ0v) is 10.2. The van der Waals surface area contributed by atoms with Crippen molar-refractivity contribution in [3.8, 4) is 0 Å². The maximum atomic E-state index is 5.93. The molecule has 1 unspecified atom stereocenters. The molecule has 0 amide bonds. The molecule has 0 heterocycles. The molecule has 1 nitrogen and oxygen atoms in total. The summed E-state index contributed by atoms with van der Waals surface area (Å²) in [5.41, 5.74) is 4.02. The van der Waals surface area contributed by atoms with E-state index in [1.165, 1.54) is 36.0 Å². The lowest BCUT2D eigenvalue weighted by Crippen LogP contribution is -2.01. The number of fused-ring (bicyclic) bond motifs is 1. The van der Waals surface area contributed by atoms with Crippen LogP contribution in [-0.2, 0) is 4.74 Å². The standard InChI is InChI=1S/C15H20O/c1-3-4-7-10-16-15-11-12(2)13-8-5-6-9-14(13)15/h5-6,8-9,11,15H,3-4,7,10H2,1-2H3. The van der Waals surface area contributed by atoms with E-state index >= 15 is 0 Å². The first kappa shape index (κ1) is 11.4. The molecule has 0 aromatic heterocycles. The molecule has 86 valence electrons. The van der Waals surface area contributed by atoms with Crippen LogP contribution in [0.4, 0.5) is 0 Å². The third-order valence-corrected chi connectivity index (χ3v) is 3.14. The SMILES string of the molecule is CCCCCOC1C=C(C)c2ccccc21. The quantitative estimate of drug-likeness (QED) is 0.665. The van der Waals surface area contributed by atoms with Gasteiger partial charge in [0.2, 0.25) is 0 Å². The number of benzene rings is 1. The molecule has 0 bridgehead atoms. The van der Waals surface area contributed by atoms with Crippen molar-refractivity contribution in [2.45, 2.75) is 39.2 Å². The second-order valence-electron chi connectivity index (χ2n) is 4.44. The van der Waals surface area contributed by atoms with Gasteiger partial charge in [-0.15, -0.1) is 0 Å². The Morgan fingerprint density at radius 1 is 1.19 bits per heavy atom. The molecular formula is C15H20O. The molecule has 0 N–H and O–H groups in total. The van der Waals surface area contributed by atoms with Crippen molar-refractivity contribution in [1.82, 2.24) is 0 Å². The summed E-state index contributed by atoms with van der Waals surface area (Å²) in [6.07, 6.45) is 6.10. The lowest BCUT2D eigenvalue weighted by Gasteiger charge is -2.12. The zero-order chi connectivity index (χ0) is 11.4. The number of rotatable bonds is 5. The van der Waals surface area contributed by atoms with E-state index in [4.69, 9.17) is 4.74 Å². The Kier molecular flexibility index (Phi) is 3.79. The van der Waals surface area contributed by atoms with Crippen LogP contribution in [0, 0.1) is 0 Å². The van der Waals surface area contributed by atoms with Crippen molar-refractivity contribution in [2.75, 3.05) is 6.61 Å². The van der Waals surface area contributed by atoms with Gasteiger partial charge in [0, 0.05) is 6.61 Å². The van der Waals surface area contributed by atoms with Crippen molar-refractivity contribution in [3.05, 3.63) is 41.5 Å². The van der Waals surface area contributed by atoms with Crippen LogP contribution in [0.3, 0.4) is 0 Å². The molecule has 0 fully saturated rings. The second-order valence-corrected chi connectivity index (χ2v) is 4.44. The highest BCUT2D eigenvalue weighted by molar-refractivity contribution is 5.72. The third-order valence-electron chi connectivity index (χ3n) is 3.14. The highest BCUT2D eigenvalue weighted by Gasteiger charge is 2.20. The van der Waals surface area contributed by atoms with Gasteiger partial charge in [-0.1, -0.05) is 44.0 Å². The summed E-state index contributed by atoms with van der Waals surface area (Å²) in [6.45, 7) is 5.25. The molecule has 1 heteroatoms. The van der Waals surface area contributed by atoms with E-state index in [2.05, 4.69) is 44.2 Å². The van der Waals surface area contributed by atoms with Gasteiger partial charge in [0.05, 0.1) is 0 Å². The van der Waals surface area contributed by atoms with E-state index < -0.39 is 0 Å². The minimum absolute atomic E-state index is 0.188. The van der Waals surface area contributed by atoms with Crippen LogP contribution in [0.15, 0.2) is 30.3 Å². The topological polar surface area (TPSA) is 9.23 Å². The van der Waals surface area contributed by atoms with E-state index in [-0.39, 0.29) is 6.10 Å². The minimum Gasteiger partial charge on any atom is -0.369 e. The molecule has 1 aliphatic rings. The van der Waals surface area contributed by atoms with E-state index in [9.17, 15) is 0 Å². The molecule has 0 radical (unpaired) electrons. The number of ether oxygens (including phenoxy) is 1. The van der Waals surface area contributed by atoms with Crippen LogP contribution >= 0.6 is 0 Å². The molecule has 16 heavy (non-hydrogen) atoms. The van der Waals surface area contributed by atoms with Crippen LogP contribution in [0.1, 0.15) is 50.3 Å². The van der Waals surface area contributed by atoms with Crippen LogP contribution in [-0.4, -0.2) is 6.61 Å². The van der Waals surface area contributed by atoms with Crippen LogP contribution < -0.4 is 0 Å². The van der Waals surface area contributed by atoms with Gasteiger partial charge in [0.1, 0.15) is 6.10 Å². The van der Waals surface area contributed by atoms with Crippen LogP contribution in [0.5, 0.6) is 0 Å². The van der Waals surface area contributed by atoms with E-state index in [1.807, 2.05) is 0 Å². The lowest BCUT2D eigenvalue weighted by molar-refractivity contribution is 0.0841. The highest BCUT2D eigenvalue weighted by atomic mass is 16.5. The molecule has 0 saturated heterocycles. The van der Waals surface area contributed by atoms with Crippen molar-refractivity contribution < 1.29 is 4.74 Å². The molecule has 1 aromatic carbocycles. The summed E-state index contributed by atoms with van der Waals surface area (Å²) >= 11 is 0. The van der Waals surface area contributed by atoms with Gasteiger partial charge in [-0.3, -0.25) is 0 Å². The fraction of sp³-hybridized carbons (Fsp3) is 0.467. The first-order valence-corrected chi connectivity index (χ1v) is 6.22. The summed E-state index contributed by atoms with van der Waals surface area (Å²) in [7, 11) is 0. The number of hydrogen-bond acceptors (Lipinski definition) is 1. The second kappa shape index (κ2) is 5.31. The Balaban J connectivity index is 1.97. The Labute approximate surface area is 98.1 Å².